The minimum Gasteiger partial charge on any atom is -0.350 e. The number of hydrogen-bond acceptors (Lipinski definition) is 3. The predicted molar refractivity (Wildman–Crippen MR) is 90.4 cm³/mol. The van der Waals surface area contributed by atoms with Gasteiger partial charge in [-0.3, -0.25) is 14.3 Å². The van der Waals surface area contributed by atoms with Crippen LogP contribution in [-0.2, 0) is 16.1 Å². The lowest BCUT2D eigenvalue weighted by molar-refractivity contribution is -0.127. The maximum atomic E-state index is 12.2. The van der Waals surface area contributed by atoms with E-state index in [-0.39, 0.29) is 23.9 Å². The number of rotatable bonds is 5. The lowest BCUT2D eigenvalue weighted by atomic mass is 10.00. The van der Waals surface area contributed by atoms with Gasteiger partial charge in [0.2, 0.25) is 11.8 Å². The van der Waals surface area contributed by atoms with Crippen molar-refractivity contribution in [3.63, 3.8) is 0 Å². The van der Waals surface area contributed by atoms with Crippen LogP contribution < -0.4 is 5.32 Å². The molecule has 7 heteroatoms. The van der Waals surface area contributed by atoms with E-state index in [1.54, 1.807) is 35.0 Å². The topological polar surface area (TPSA) is 67.2 Å². The van der Waals surface area contributed by atoms with Gasteiger partial charge in [0.1, 0.15) is 0 Å². The Bertz CT molecular complexity index is 715. The highest BCUT2D eigenvalue weighted by Crippen LogP contribution is 2.32. The number of nitrogens with zero attached hydrogens (tertiary/aromatic N) is 3. The van der Waals surface area contributed by atoms with Crippen LogP contribution in [-0.4, -0.2) is 39.6 Å². The van der Waals surface area contributed by atoms with Gasteiger partial charge in [0.15, 0.2) is 0 Å². The van der Waals surface area contributed by atoms with Gasteiger partial charge in [-0.05, 0) is 23.8 Å². The van der Waals surface area contributed by atoms with Crippen LogP contribution in [0.1, 0.15) is 24.4 Å². The summed E-state index contributed by atoms with van der Waals surface area (Å²) in [6, 6.07) is 8.78. The molecule has 1 aliphatic rings. The van der Waals surface area contributed by atoms with Crippen molar-refractivity contribution >= 4 is 23.4 Å². The molecule has 0 spiro atoms. The van der Waals surface area contributed by atoms with E-state index in [1.165, 1.54) is 0 Å². The summed E-state index contributed by atoms with van der Waals surface area (Å²) < 4.78 is 1.71. The van der Waals surface area contributed by atoms with Crippen LogP contribution in [0.25, 0.3) is 0 Å². The Balaban J connectivity index is 1.67. The van der Waals surface area contributed by atoms with Crippen molar-refractivity contribution in [1.29, 1.82) is 0 Å². The van der Waals surface area contributed by atoms with Crippen LogP contribution in [0.2, 0.25) is 5.02 Å². The number of likely N-dealkylation sites (tertiary alicyclic amines) is 1. The SMILES string of the molecule is CN1C(=O)C[C@@H](NC(=O)CCn2cccn2)[C@H]1c1ccc(Cl)cc1. The molecule has 2 aromatic rings. The summed E-state index contributed by atoms with van der Waals surface area (Å²) >= 11 is 5.94. The van der Waals surface area contributed by atoms with Crippen molar-refractivity contribution < 1.29 is 9.59 Å². The standard InChI is InChI=1S/C17H19ClN4O2/c1-21-16(24)11-14(17(21)12-3-5-13(18)6-4-12)20-15(23)7-10-22-9-2-8-19-22/h2-6,8-9,14,17H,7,10-11H2,1H3,(H,20,23)/t14-,17-/m1/s1. The van der Waals surface area contributed by atoms with Gasteiger partial charge >= 0.3 is 0 Å². The van der Waals surface area contributed by atoms with Crippen molar-refractivity contribution in [3.05, 3.63) is 53.3 Å². The maximum Gasteiger partial charge on any atom is 0.225 e. The number of benzene rings is 1. The van der Waals surface area contributed by atoms with Crippen molar-refractivity contribution in [3.8, 4) is 0 Å². The molecule has 1 N–H and O–H groups in total. The third kappa shape index (κ3) is 3.59. The molecule has 1 aromatic carbocycles. The van der Waals surface area contributed by atoms with Gasteiger partial charge in [0.25, 0.3) is 0 Å². The number of hydrogen-bond donors (Lipinski definition) is 1. The van der Waals surface area contributed by atoms with Gasteiger partial charge in [0.05, 0.1) is 12.1 Å². The van der Waals surface area contributed by atoms with E-state index in [9.17, 15) is 9.59 Å². The zero-order valence-electron chi connectivity index (χ0n) is 13.4. The van der Waals surface area contributed by atoms with Crippen LogP contribution in [0, 0.1) is 0 Å². The van der Waals surface area contributed by atoms with Crippen LogP contribution in [0.4, 0.5) is 0 Å². The molecule has 0 radical (unpaired) electrons. The molecule has 0 unspecified atom stereocenters. The Morgan fingerprint density at radius 3 is 2.79 bits per heavy atom. The monoisotopic (exact) mass is 346 g/mol. The molecule has 0 saturated carbocycles. The third-order valence-corrected chi connectivity index (χ3v) is 4.52. The number of carbonyl (C=O) groups excluding carboxylic acids is 2. The summed E-state index contributed by atoms with van der Waals surface area (Å²) in [6.07, 6.45) is 4.12. The number of aryl methyl sites for hydroxylation is 1. The fraction of sp³-hybridized carbons (Fsp3) is 0.353. The third-order valence-electron chi connectivity index (χ3n) is 4.27. The highest BCUT2D eigenvalue weighted by molar-refractivity contribution is 6.30. The van der Waals surface area contributed by atoms with Crippen LogP contribution in [0.5, 0.6) is 0 Å². The molecule has 2 amide bonds. The van der Waals surface area contributed by atoms with Crippen molar-refractivity contribution in [2.24, 2.45) is 0 Å². The Labute approximate surface area is 145 Å². The van der Waals surface area contributed by atoms with Crippen LogP contribution in [0.15, 0.2) is 42.7 Å². The predicted octanol–water partition coefficient (Wildman–Crippen LogP) is 2.01. The summed E-state index contributed by atoms with van der Waals surface area (Å²) in [6.45, 7) is 0.515. The molecule has 1 aromatic heterocycles. The lowest BCUT2D eigenvalue weighted by Crippen LogP contribution is -2.39. The first-order chi connectivity index (χ1) is 11.5. The lowest BCUT2D eigenvalue weighted by Gasteiger charge is -2.26. The first kappa shape index (κ1) is 16.5. The molecule has 1 aliphatic heterocycles. The van der Waals surface area contributed by atoms with E-state index in [0.29, 0.717) is 24.4 Å². The molecule has 126 valence electrons. The molecule has 2 heterocycles. The first-order valence-electron chi connectivity index (χ1n) is 7.82. The minimum atomic E-state index is -0.242. The maximum absolute atomic E-state index is 12.2. The quantitative estimate of drug-likeness (QED) is 0.900. The number of likely N-dealkylation sites (N-methyl/N-ethyl adjacent to an activating group) is 1. The summed E-state index contributed by atoms with van der Waals surface area (Å²) in [5.74, 6) is -0.0649. The Hall–Kier alpha value is -2.34. The molecule has 24 heavy (non-hydrogen) atoms. The molecule has 1 saturated heterocycles. The van der Waals surface area contributed by atoms with E-state index in [0.717, 1.165) is 5.56 Å². The van der Waals surface area contributed by atoms with Gasteiger partial charge < -0.3 is 10.2 Å². The highest BCUT2D eigenvalue weighted by Gasteiger charge is 2.39. The zero-order chi connectivity index (χ0) is 17.1. The highest BCUT2D eigenvalue weighted by atomic mass is 35.5. The Morgan fingerprint density at radius 2 is 2.12 bits per heavy atom. The smallest absolute Gasteiger partial charge is 0.225 e. The molecule has 6 nitrogen and oxygen atoms in total. The largest absolute Gasteiger partial charge is 0.350 e. The molecule has 0 aliphatic carbocycles. The van der Waals surface area contributed by atoms with Crippen LogP contribution in [0.3, 0.4) is 0 Å². The average molecular weight is 347 g/mol. The van der Waals surface area contributed by atoms with Gasteiger partial charge in [-0.1, -0.05) is 23.7 Å². The summed E-state index contributed by atoms with van der Waals surface area (Å²) in [7, 11) is 1.76. The zero-order valence-corrected chi connectivity index (χ0v) is 14.1. The van der Waals surface area contributed by atoms with Gasteiger partial charge in [0, 0.05) is 43.9 Å². The van der Waals surface area contributed by atoms with Gasteiger partial charge in [-0.2, -0.15) is 5.10 Å². The van der Waals surface area contributed by atoms with Crippen molar-refractivity contribution in [2.45, 2.75) is 31.5 Å². The number of aromatic nitrogens is 2. The van der Waals surface area contributed by atoms with E-state index in [1.807, 2.05) is 24.4 Å². The molecule has 1 fully saturated rings. The first-order valence-corrected chi connectivity index (χ1v) is 8.20. The molecule has 0 bridgehead atoms. The number of carbonyl (C=O) groups is 2. The van der Waals surface area contributed by atoms with Crippen molar-refractivity contribution in [2.75, 3.05) is 7.05 Å². The Morgan fingerprint density at radius 1 is 1.38 bits per heavy atom. The number of halogens is 1. The number of nitrogens with one attached hydrogen (secondary N) is 1. The minimum absolute atomic E-state index is 0.0207. The normalized spacial score (nSPS) is 20.4. The van der Waals surface area contributed by atoms with Gasteiger partial charge in [-0.15, -0.1) is 0 Å². The summed E-state index contributed by atoms with van der Waals surface area (Å²) in [5.41, 5.74) is 0.963. The fourth-order valence-corrected chi connectivity index (χ4v) is 3.17. The summed E-state index contributed by atoms with van der Waals surface area (Å²) in [5, 5.41) is 7.71. The van der Waals surface area contributed by atoms with Crippen LogP contribution >= 0.6 is 11.6 Å². The second-order valence-corrected chi connectivity index (χ2v) is 6.33. The van der Waals surface area contributed by atoms with Gasteiger partial charge in [-0.25, -0.2) is 0 Å². The fourth-order valence-electron chi connectivity index (χ4n) is 3.04. The summed E-state index contributed by atoms with van der Waals surface area (Å²) in [4.78, 5) is 26.0. The number of amides is 2. The molecule has 3 rings (SSSR count). The van der Waals surface area contributed by atoms with E-state index < -0.39 is 0 Å². The molecular formula is C17H19ClN4O2. The average Bonchev–Trinajstić information content (AvgIpc) is 3.16. The second-order valence-electron chi connectivity index (χ2n) is 5.90. The molecular weight excluding hydrogens is 328 g/mol. The van der Waals surface area contributed by atoms with E-state index in [4.69, 9.17) is 11.6 Å². The molecule has 2 atom stereocenters. The Kier molecular flexibility index (Phi) is 4.85. The second kappa shape index (κ2) is 7.05. The van der Waals surface area contributed by atoms with E-state index >= 15 is 0 Å². The van der Waals surface area contributed by atoms with Crippen molar-refractivity contribution in [1.82, 2.24) is 20.0 Å². The van der Waals surface area contributed by atoms with E-state index in [2.05, 4.69) is 10.4 Å².